The second kappa shape index (κ2) is 8.01. The normalized spacial score (nSPS) is 14.5. The van der Waals surface area contributed by atoms with Crippen molar-refractivity contribution in [2.75, 3.05) is 18.4 Å². The molecule has 6 heteroatoms. The van der Waals surface area contributed by atoms with E-state index in [1.54, 1.807) is 6.33 Å². The Morgan fingerprint density at radius 1 is 0.862 bits per heavy atom. The van der Waals surface area contributed by atoms with Crippen LogP contribution in [0.4, 0.5) is 5.82 Å². The number of anilines is 1. The number of fused-ring (bicyclic) bond motifs is 1. The lowest BCUT2D eigenvalue weighted by Gasteiger charge is -2.18. The summed E-state index contributed by atoms with van der Waals surface area (Å²) < 4.78 is 1.85. The van der Waals surface area contributed by atoms with Crippen molar-refractivity contribution < 1.29 is 0 Å². The van der Waals surface area contributed by atoms with Crippen LogP contribution in [0.15, 0.2) is 67.1 Å². The standard InChI is InChI=1S/C23H24N6/c1-2-10-20(11-3-1)29-23-21(15-27-29)22(25-17-26-23)24-14-18-8-4-5-9-19(18)16-28-12-6-7-13-28/h1-5,8-11,15,17H,6-7,12-14,16H2,(H,24,25,26). The van der Waals surface area contributed by atoms with Gasteiger partial charge in [-0.25, -0.2) is 14.6 Å². The topological polar surface area (TPSA) is 58.9 Å². The molecular formula is C23H24N6. The Morgan fingerprint density at radius 2 is 1.62 bits per heavy atom. The first-order valence-electron chi connectivity index (χ1n) is 10.2. The third kappa shape index (κ3) is 3.71. The molecule has 2 aromatic carbocycles. The van der Waals surface area contributed by atoms with Crippen molar-refractivity contribution in [2.24, 2.45) is 0 Å². The van der Waals surface area contributed by atoms with Gasteiger partial charge in [-0.05, 0) is 49.2 Å². The van der Waals surface area contributed by atoms with E-state index in [0.29, 0.717) is 0 Å². The van der Waals surface area contributed by atoms with E-state index in [1.807, 2.05) is 41.2 Å². The van der Waals surface area contributed by atoms with Crippen LogP contribution in [-0.2, 0) is 13.1 Å². The van der Waals surface area contributed by atoms with Gasteiger partial charge in [-0.2, -0.15) is 5.10 Å². The number of rotatable bonds is 6. The largest absolute Gasteiger partial charge is 0.365 e. The monoisotopic (exact) mass is 384 g/mol. The van der Waals surface area contributed by atoms with Crippen molar-refractivity contribution >= 4 is 16.9 Å². The van der Waals surface area contributed by atoms with E-state index in [-0.39, 0.29) is 0 Å². The lowest BCUT2D eigenvalue weighted by atomic mass is 10.1. The van der Waals surface area contributed by atoms with Crippen molar-refractivity contribution in [2.45, 2.75) is 25.9 Å². The van der Waals surface area contributed by atoms with Gasteiger partial charge in [-0.3, -0.25) is 4.90 Å². The average Bonchev–Trinajstić information content (AvgIpc) is 3.44. The minimum Gasteiger partial charge on any atom is -0.365 e. The van der Waals surface area contributed by atoms with Gasteiger partial charge in [0.05, 0.1) is 17.3 Å². The first-order valence-corrected chi connectivity index (χ1v) is 10.2. The lowest BCUT2D eigenvalue weighted by Crippen LogP contribution is -2.19. The first kappa shape index (κ1) is 17.8. The van der Waals surface area contributed by atoms with Crippen LogP contribution in [0.3, 0.4) is 0 Å². The fourth-order valence-corrected chi connectivity index (χ4v) is 3.99. The summed E-state index contributed by atoms with van der Waals surface area (Å²) in [5, 5.41) is 8.97. The van der Waals surface area contributed by atoms with Gasteiger partial charge in [0.2, 0.25) is 0 Å². The highest BCUT2D eigenvalue weighted by molar-refractivity contribution is 5.87. The summed E-state index contributed by atoms with van der Waals surface area (Å²) in [6.45, 7) is 4.15. The molecule has 1 N–H and O–H groups in total. The molecule has 3 heterocycles. The predicted molar refractivity (Wildman–Crippen MR) is 115 cm³/mol. The van der Waals surface area contributed by atoms with E-state index >= 15 is 0 Å². The molecule has 1 aliphatic rings. The molecule has 146 valence electrons. The number of nitrogens with one attached hydrogen (secondary N) is 1. The Bertz CT molecular complexity index is 1100. The van der Waals surface area contributed by atoms with Crippen LogP contribution in [0.2, 0.25) is 0 Å². The summed E-state index contributed by atoms with van der Waals surface area (Å²) >= 11 is 0. The van der Waals surface area contributed by atoms with Crippen LogP contribution in [0.5, 0.6) is 0 Å². The number of hydrogen-bond acceptors (Lipinski definition) is 5. The number of aromatic nitrogens is 4. The van der Waals surface area contributed by atoms with Crippen molar-refractivity contribution in [1.82, 2.24) is 24.6 Å². The Hall–Kier alpha value is -3.25. The Kier molecular flexibility index (Phi) is 4.92. The Balaban J connectivity index is 1.39. The van der Waals surface area contributed by atoms with Gasteiger partial charge in [0, 0.05) is 13.1 Å². The van der Waals surface area contributed by atoms with Crippen molar-refractivity contribution in [1.29, 1.82) is 0 Å². The number of hydrogen-bond donors (Lipinski definition) is 1. The van der Waals surface area contributed by atoms with E-state index in [2.05, 4.69) is 49.5 Å². The van der Waals surface area contributed by atoms with Crippen LogP contribution in [0.1, 0.15) is 24.0 Å². The molecule has 0 unspecified atom stereocenters. The summed E-state index contributed by atoms with van der Waals surface area (Å²) in [5.41, 5.74) is 4.48. The average molecular weight is 384 g/mol. The van der Waals surface area contributed by atoms with Crippen molar-refractivity contribution in [3.05, 3.63) is 78.2 Å². The number of para-hydroxylation sites is 1. The van der Waals surface area contributed by atoms with Crippen LogP contribution < -0.4 is 5.32 Å². The summed E-state index contributed by atoms with van der Waals surface area (Å²) in [5.74, 6) is 0.813. The Labute approximate surface area is 170 Å². The fraction of sp³-hybridized carbons (Fsp3) is 0.261. The second-order valence-electron chi connectivity index (χ2n) is 7.46. The zero-order valence-electron chi connectivity index (χ0n) is 16.3. The summed E-state index contributed by atoms with van der Waals surface area (Å²) in [6.07, 6.45) is 6.05. The number of nitrogens with zero attached hydrogens (tertiary/aromatic N) is 5. The zero-order valence-corrected chi connectivity index (χ0v) is 16.3. The number of likely N-dealkylation sites (tertiary alicyclic amines) is 1. The molecular weight excluding hydrogens is 360 g/mol. The highest BCUT2D eigenvalue weighted by Gasteiger charge is 2.14. The molecule has 5 rings (SSSR count). The van der Waals surface area contributed by atoms with Gasteiger partial charge >= 0.3 is 0 Å². The summed E-state index contributed by atoms with van der Waals surface area (Å²) in [6, 6.07) is 18.7. The SMILES string of the molecule is c1ccc(-n2ncc3c(NCc4ccccc4CN4CCCC4)ncnc32)cc1. The van der Waals surface area contributed by atoms with Gasteiger partial charge in [0.25, 0.3) is 0 Å². The van der Waals surface area contributed by atoms with E-state index < -0.39 is 0 Å². The minimum absolute atomic E-state index is 0.729. The van der Waals surface area contributed by atoms with Gasteiger partial charge < -0.3 is 5.32 Å². The molecule has 1 saturated heterocycles. The lowest BCUT2D eigenvalue weighted by molar-refractivity contribution is 0.330. The molecule has 0 radical (unpaired) electrons. The van der Waals surface area contributed by atoms with Crippen LogP contribution >= 0.6 is 0 Å². The maximum absolute atomic E-state index is 4.53. The smallest absolute Gasteiger partial charge is 0.168 e. The van der Waals surface area contributed by atoms with Crippen LogP contribution in [-0.4, -0.2) is 37.7 Å². The zero-order chi connectivity index (χ0) is 19.5. The number of benzene rings is 2. The van der Waals surface area contributed by atoms with E-state index in [9.17, 15) is 0 Å². The molecule has 4 aromatic rings. The van der Waals surface area contributed by atoms with Crippen LogP contribution in [0.25, 0.3) is 16.7 Å². The van der Waals surface area contributed by atoms with Crippen LogP contribution in [0, 0.1) is 0 Å². The highest BCUT2D eigenvalue weighted by atomic mass is 15.3. The summed E-state index contributed by atoms with van der Waals surface area (Å²) in [7, 11) is 0. The molecule has 0 saturated carbocycles. The third-order valence-electron chi connectivity index (χ3n) is 5.52. The molecule has 1 fully saturated rings. The van der Waals surface area contributed by atoms with E-state index in [0.717, 1.165) is 35.6 Å². The van der Waals surface area contributed by atoms with E-state index in [4.69, 9.17) is 0 Å². The molecule has 6 nitrogen and oxygen atoms in total. The second-order valence-corrected chi connectivity index (χ2v) is 7.46. The van der Waals surface area contributed by atoms with Gasteiger partial charge in [0.1, 0.15) is 12.1 Å². The highest BCUT2D eigenvalue weighted by Crippen LogP contribution is 2.23. The maximum Gasteiger partial charge on any atom is 0.168 e. The molecule has 1 aliphatic heterocycles. The first-order chi connectivity index (χ1) is 14.4. The third-order valence-corrected chi connectivity index (χ3v) is 5.52. The molecule has 0 spiro atoms. The van der Waals surface area contributed by atoms with E-state index in [1.165, 1.54) is 37.1 Å². The van der Waals surface area contributed by atoms with Gasteiger partial charge in [-0.15, -0.1) is 0 Å². The Morgan fingerprint density at radius 3 is 2.45 bits per heavy atom. The predicted octanol–water partition coefficient (Wildman–Crippen LogP) is 4.02. The molecule has 0 aliphatic carbocycles. The summed E-state index contributed by atoms with van der Waals surface area (Å²) in [4.78, 5) is 11.5. The quantitative estimate of drug-likeness (QED) is 0.544. The molecule has 0 bridgehead atoms. The van der Waals surface area contributed by atoms with Crippen molar-refractivity contribution in [3.8, 4) is 5.69 Å². The maximum atomic E-state index is 4.53. The van der Waals surface area contributed by atoms with Crippen molar-refractivity contribution in [3.63, 3.8) is 0 Å². The molecule has 29 heavy (non-hydrogen) atoms. The van der Waals surface area contributed by atoms with Gasteiger partial charge in [-0.1, -0.05) is 42.5 Å². The molecule has 0 atom stereocenters. The molecule has 0 amide bonds. The molecule has 2 aromatic heterocycles. The van der Waals surface area contributed by atoms with Gasteiger partial charge in [0.15, 0.2) is 5.65 Å². The fourth-order valence-electron chi connectivity index (χ4n) is 3.99. The minimum atomic E-state index is 0.729.